The first-order valence-electron chi connectivity index (χ1n) is 6.27. The number of rotatable bonds is 4. The van der Waals surface area contributed by atoms with Gasteiger partial charge in [0, 0.05) is 11.8 Å². The number of hydrogen-bond donors (Lipinski definition) is 1. The highest BCUT2D eigenvalue weighted by Crippen LogP contribution is 2.18. The lowest BCUT2D eigenvalue weighted by atomic mass is 10.1. The summed E-state index contributed by atoms with van der Waals surface area (Å²) >= 11 is 0. The highest BCUT2D eigenvalue weighted by Gasteiger charge is 2.11. The molecule has 1 N–H and O–H groups in total. The third kappa shape index (κ3) is 2.81. The highest BCUT2D eigenvalue weighted by atomic mass is 16.5. The molecule has 7 heteroatoms. The predicted octanol–water partition coefficient (Wildman–Crippen LogP) is 1.99. The van der Waals surface area contributed by atoms with Gasteiger partial charge in [-0.15, -0.1) is 0 Å². The van der Waals surface area contributed by atoms with Crippen LogP contribution in [0.2, 0.25) is 0 Å². The molecule has 21 heavy (non-hydrogen) atoms. The molecule has 2 aromatic heterocycles. The average Bonchev–Trinajstić information content (AvgIpc) is 3.08. The van der Waals surface area contributed by atoms with E-state index in [9.17, 15) is 4.79 Å². The number of aromatic carboxylic acids is 1. The summed E-state index contributed by atoms with van der Waals surface area (Å²) in [6, 6.07) is 7.74. The Morgan fingerprint density at radius 3 is 3.00 bits per heavy atom. The Balaban J connectivity index is 1.80. The van der Waals surface area contributed by atoms with Crippen molar-refractivity contribution in [3.8, 4) is 11.5 Å². The normalized spacial score (nSPS) is 10.7. The van der Waals surface area contributed by atoms with Gasteiger partial charge in [-0.1, -0.05) is 22.9 Å². The second kappa shape index (κ2) is 5.20. The Labute approximate surface area is 119 Å². The number of hydrogen-bond acceptors (Lipinski definition) is 5. The standard InChI is InChI=1S/C14H12N4O3/c1-9-3-2-4-10(5-9)13-16-12(17-21-13)8-18-7-11(6-15-18)14(19)20/h2-7H,8H2,1H3,(H,19,20). The summed E-state index contributed by atoms with van der Waals surface area (Å²) in [5, 5.41) is 16.7. The van der Waals surface area contributed by atoms with E-state index in [1.165, 1.54) is 17.1 Å². The van der Waals surface area contributed by atoms with Crippen LogP contribution in [0.1, 0.15) is 21.7 Å². The van der Waals surface area contributed by atoms with Crippen LogP contribution in [0.15, 0.2) is 41.2 Å². The molecule has 0 amide bonds. The van der Waals surface area contributed by atoms with Crippen LogP contribution in [0.4, 0.5) is 0 Å². The van der Waals surface area contributed by atoms with Crippen LogP contribution in [0.3, 0.4) is 0 Å². The van der Waals surface area contributed by atoms with Crippen molar-refractivity contribution in [3.63, 3.8) is 0 Å². The number of carboxylic acids is 1. The van der Waals surface area contributed by atoms with Crippen LogP contribution in [0.5, 0.6) is 0 Å². The van der Waals surface area contributed by atoms with Crippen LogP contribution < -0.4 is 0 Å². The molecule has 1 aromatic carbocycles. The number of carbonyl (C=O) groups is 1. The molecular formula is C14H12N4O3. The SMILES string of the molecule is Cc1cccc(-c2nc(Cn3cc(C(=O)O)cn3)no2)c1. The number of benzene rings is 1. The second-order valence-corrected chi connectivity index (χ2v) is 4.62. The number of nitrogens with zero attached hydrogens (tertiary/aromatic N) is 4. The first-order chi connectivity index (χ1) is 10.1. The van der Waals surface area contributed by atoms with Crippen molar-refractivity contribution in [3.05, 3.63) is 53.6 Å². The van der Waals surface area contributed by atoms with Crippen molar-refractivity contribution < 1.29 is 14.4 Å². The topological polar surface area (TPSA) is 94.0 Å². The van der Waals surface area contributed by atoms with E-state index in [2.05, 4.69) is 15.2 Å². The third-order valence-corrected chi connectivity index (χ3v) is 2.92. The second-order valence-electron chi connectivity index (χ2n) is 4.62. The van der Waals surface area contributed by atoms with Crippen molar-refractivity contribution in [2.45, 2.75) is 13.5 Å². The average molecular weight is 284 g/mol. The zero-order valence-corrected chi connectivity index (χ0v) is 11.2. The Kier molecular flexibility index (Phi) is 3.23. The maximum atomic E-state index is 10.8. The fourth-order valence-corrected chi connectivity index (χ4v) is 1.92. The first-order valence-corrected chi connectivity index (χ1v) is 6.27. The summed E-state index contributed by atoms with van der Waals surface area (Å²) in [7, 11) is 0. The molecule has 0 radical (unpaired) electrons. The molecule has 0 aliphatic rings. The van der Waals surface area contributed by atoms with Crippen LogP contribution in [-0.2, 0) is 6.54 Å². The fourth-order valence-electron chi connectivity index (χ4n) is 1.92. The molecule has 0 aliphatic carbocycles. The van der Waals surface area contributed by atoms with E-state index in [0.717, 1.165) is 11.1 Å². The Bertz CT molecular complexity index is 791. The molecule has 2 heterocycles. The molecule has 0 bridgehead atoms. The van der Waals surface area contributed by atoms with Crippen molar-refractivity contribution >= 4 is 5.97 Å². The largest absolute Gasteiger partial charge is 0.478 e. The summed E-state index contributed by atoms with van der Waals surface area (Å²) < 4.78 is 6.67. The minimum Gasteiger partial charge on any atom is -0.478 e. The maximum Gasteiger partial charge on any atom is 0.338 e. The van der Waals surface area contributed by atoms with Gasteiger partial charge >= 0.3 is 5.97 Å². The van der Waals surface area contributed by atoms with Gasteiger partial charge in [0.1, 0.15) is 6.54 Å². The van der Waals surface area contributed by atoms with Gasteiger partial charge in [0.2, 0.25) is 0 Å². The zero-order valence-electron chi connectivity index (χ0n) is 11.2. The van der Waals surface area contributed by atoms with Gasteiger partial charge in [0.05, 0.1) is 11.8 Å². The third-order valence-electron chi connectivity index (χ3n) is 2.92. The molecule has 106 valence electrons. The van der Waals surface area contributed by atoms with Crippen LogP contribution in [0, 0.1) is 6.92 Å². The minimum atomic E-state index is -1.02. The first kappa shape index (κ1) is 13.0. The van der Waals surface area contributed by atoms with E-state index in [4.69, 9.17) is 9.63 Å². The highest BCUT2D eigenvalue weighted by molar-refractivity contribution is 5.86. The Hall–Kier alpha value is -2.96. The minimum absolute atomic E-state index is 0.123. The van der Waals surface area contributed by atoms with Crippen LogP contribution in [0.25, 0.3) is 11.5 Å². The molecular weight excluding hydrogens is 272 g/mol. The molecule has 0 spiro atoms. The van der Waals surface area contributed by atoms with Gasteiger partial charge in [-0.05, 0) is 19.1 Å². The maximum absolute atomic E-state index is 10.8. The van der Waals surface area contributed by atoms with Gasteiger partial charge in [-0.3, -0.25) is 4.68 Å². The van der Waals surface area contributed by atoms with Crippen molar-refractivity contribution in [2.24, 2.45) is 0 Å². The van der Waals surface area contributed by atoms with E-state index < -0.39 is 5.97 Å². The lowest BCUT2D eigenvalue weighted by molar-refractivity contribution is 0.0697. The summed E-state index contributed by atoms with van der Waals surface area (Å²) in [6.45, 7) is 2.24. The molecule has 3 aromatic rings. The van der Waals surface area contributed by atoms with E-state index in [1.807, 2.05) is 31.2 Å². The molecule has 0 unspecified atom stereocenters. The number of carboxylic acid groups (broad SMARTS) is 1. The fraction of sp³-hybridized carbons (Fsp3) is 0.143. The van der Waals surface area contributed by atoms with Crippen molar-refractivity contribution in [1.29, 1.82) is 0 Å². The van der Waals surface area contributed by atoms with Crippen LogP contribution in [-0.4, -0.2) is 31.0 Å². The summed E-state index contributed by atoms with van der Waals surface area (Å²) in [6.07, 6.45) is 2.70. The van der Waals surface area contributed by atoms with E-state index in [1.54, 1.807) is 0 Å². The molecule has 3 rings (SSSR count). The van der Waals surface area contributed by atoms with Crippen molar-refractivity contribution in [2.75, 3.05) is 0 Å². The monoisotopic (exact) mass is 284 g/mol. The van der Waals surface area contributed by atoms with Crippen molar-refractivity contribution in [1.82, 2.24) is 19.9 Å². The molecule has 0 aliphatic heterocycles. The van der Waals surface area contributed by atoms with E-state index >= 15 is 0 Å². The smallest absolute Gasteiger partial charge is 0.338 e. The quantitative estimate of drug-likeness (QED) is 0.787. The van der Waals surface area contributed by atoms with Gasteiger partial charge in [0.25, 0.3) is 5.89 Å². The van der Waals surface area contributed by atoms with Gasteiger partial charge in [0.15, 0.2) is 5.82 Å². The van der Waals surface area contributed by atoms with Gasteiger partial charge in [-0.25, -0.2) is 4.79 Å². The summed E-state index contributed by atoms with van der Waals surface area (Å²) in [5.41, 5.74) is 2.07. The Morgan fingerprint density at radius 2 is 2.29 bits per heavy atom. The van der Waals surface area contributed by atoms with Gasteiger partial charge in [-0.2, -0.15) is 10.1 Å². The number of aromatic nitrogens is 4. The molecule has 0 saturated carbocycles. The molecule has 0 fully saturated rings. The summed E-state index contributed by atoms with van der Waals surface area (Å²) in [5.74, 6) is -0.152. The summed E-state index contributed by atoms with van der Waals surface area (Å²) in [4.78, 5) is 15.1. The number of aryl methyl sites for hydroxylation is 1. The lowest BCUT2D eigenvalue weighted by Gasteiger charge is -1.95. The molecule has 7 nitrogen and oxygen atoms in total. The van der Waals surface area contributed by atoms with E-state index in [-0.39, 0.29) is 12.1 Å². The predicted molar refractivity (Wildman–Crippen MR) is 72.8 cm³/mol. The Morgan fingerprint density at radius 1 is 1.43 bits per heavy atom. The van der Waals surface area contributed by atoms with Crippen LogP contribution >= 0.6 is 0 Å². The molecule has 0 saturated heterocycles. The molecule has 0 atom stereocenters. The van der Waals surface area contributed by atoms with E-state index in [0.29, 0.717) is 11.7 Å². The lowest BCUT2D eigenvalue weighted by Crippen LogP contribution is -2.02. The van der Waals surface area contributed by atoms with Gasteiger partial charge < -0.3 is 9.63 Å². The zero-order chi connectivity index (χ0) is 14.8.